The standard InChI is InChI=1S/C12H22O4/c1-4-7-9-14-11(13)12(15-16-12)10(6-3)8-5-2/h10H,4-9H2,1-3H3. The number of hydrogen-bond donors (Lipinski definition) is 0. The van der Waals surface area contributed by atoms with Crippen molar-refractivity contribution in [2.45, 2.75) is 58.7 Å². The Bertz CT molecular complexity index is 223. The molecule has 1 atom stereocenters. The summed E-state index contributed by atoms with van der Waals surface area (Å²) in [5, 5.41) is 0. The molecular weight excluding hydrogens is 208 g/mol. The van der Waals surface area contributed by atoms with Gasteiger partial charge in [0.1, 0.15) is 0 Å². The first-order valence-electron chi connectivity index (χ1n) is 6.25. The smallest absolute Gasteiger partial charge is 0.372 e. The molecule has 0 aromatic rings. The lowest BCUT2D eigenvalue weighted by atomic mass is 9.92. The third kappa shape index (κ3) is 2.95. The average Bonchev–Trinajstić information content (AvgIpc) is 3.07. The molecule has 4 heteroatoms. The van der Waals surface area contributed by atoms with E-state index in [9.17, 15) is 4.79 Å². The molecule has 1 heterocycles. The van der Waals surface area contributed by atoms with Gasteiger partial charge in [-0.1, -0.05) is 33.6 Å². The summed E-state index contributed by atoms with van der Waals surface area (Å²) < 4.78 is 5.15. The molecule has 1 aliphatic heterocycles. The molecule has 1 rings (SSSR count). The molecule has 0 aromatic carbocycles. The molecule has 0 aromatic heterocycles. The molecule has 16 heavy (non-hydrogen) atoms. The van der Waals surface area contributed by atoms with Crippen LogP contribution in [0.4, 0.5) is 0 Å². The van der Waals surface area contributed by atoms with Crippen LogP contribution in [0, 0.1) is 5.92 Å². The number of ether oxygens (including phenoxy) is 1. The van der Waals surface area contributed by atoms with Crippen molar-refractivity contribution in [3.8, 4) is 0 Å². The van der Waals surface area contributed by atoms with Crippen LogP contribution in [0.25, 0.3) is 0 Å². The van der Waals surface area contributed by atoms with Gasteiger partial charge >= 0.3 is 11.8 Å². The second kappa shape index (κ2) is 6.21. The van der Waals surface area contributed by atoms with E-state index in [0.29, 0.717) is 6.61 Å². The molecule has 0 aliphatic carbocycles. The third-order valence-electron chi connectivity index (χ3n) is 2.95. The zero-order chi connectivity index (χ0) is 12.0. The normalized spacial score (nSPS) is 19.2. The predicted molar refractivity (Wildman–Crippen MR) is 59.5 cm³/mol. The van der Waals surface area contributed by atoms with Crippen LogP contribution in [0.2, 0.25) is 0 Å². The van der Waals surface area contributed by atoms with E-state index in [4.69, 9.17) is 14.5 Å². The Kier molecular flexibility index (Phi) is 5.22. The highest BCUT2D eigenvalue weighted by Gasteiger charge is 2.62. The van der Waals surface area contributed by atoms with Crippen LogP contribution in [-0.4, -0.2) is 18.4 Å². The Labute approximate surface area is 97.2 Å². The van der Waals surface area contributed by atoms with Gasteiger partial charge in [0.25, 0.3) is 0 Å². The summed E-state index contributed by atoms with van der Waals surface area (Å²) in [7, 11) is 0. The summed E-state index contributed by atoms with van der Waals surface area (Å²) in [5.74, 6) is -1.34. The summed E-state index contributed by atoms with van der Waals surface area (Å²) in [6.45, 7) is 6.62. The molecule has 0 N–H and O–H groups in total. The second-order valence-corrected chi connectivity index (χ2v) is 4.22. The number of rotatable bonds is 8. The maximum absolute atomic E-state index is 11.8. The molecule has 0 saturated carbocycles. The first-order valence-corrected chi connectivity index (χ1v) is 6.25. The first kappa shape index (κ1) is 13.5. The van der Waals surface area contributed by atoms with Crippen LogP contribution < -0.4 is 0 Å². The van der Waals surface area contributed by atoms with E-state index in [-0.39, 0.29) is 11.9 Å². The SMILES string of the molecule is CCCCOC(=O)C1(C(CC)CCC)OO1. The van der Waals surface area contributed by atoms with E-state index in [1.807, 2.05) is 6.92 Å². The number of carbonyl (C=O) groups excluding carboxylic acids is 1. The van der Waals surface area contributed by atoms with E-state index in [2.05, 4.69) is 13.8 Å². The quantitative estimate of drug-likeness (QED) is 0.278. The second-order valence-electron chi connectivity index (χ2n) is 4.22. The number of esters is 1. The molecule has 0 spiro atoms. The zero-order valence-corrected chi connectivity index (χ0v) is 10.5. The van der Waals surface area contributed by atoms with Crippen LogP contribution in [0.3, 0.4) is 0 Å². The van der Waals surface area contributed by atoms with Gasteiger partial charge in [0.15, 0.2) is 0 Å². The minimum atomic E-state index is -1.08. The fourth-order valence-electron chi connectivity index (χ4n) is 1.84. The maximum atomic E-state index is 11.8. The van der Waals surface area contributed by atoms with Crippen LogP contribution in [0.5, 0.6) is 0 Å². The van der Waals surface area contributed by atoms with Crippen molar-refractivity contribution >= 4 is 5.97 Å². The summed E-state index contributed by atoms with van der Waals surface area (Å²) in [6.07, 6.45) is 4.67. The fraction of sp³-hybridized carbons (Fsp3) is 0.917. The van der Waals surface area contributed by atoms with Crippen molar-refractivity contribution < 1.29 is 19.3 Å². The highest BCUT2D eigenvalue weighted by Crippen LogP contribution is 2.42. The summed E-state index contributed by atoms with van der Waals surface area (Å²) in [5.41, 5.74) is 0. The van der Waals surface area contributed by atoms with E-state index in [1.54, 1.807) is 0 Å². The molecule has 1 fully saturated rings. The molecule has 1 aliphatic rings. The summed E-state index contributed by atoms with van der Waals surface area (Å²) in [4.78, 5) is 21.6. The lowest BCUT2D eigenvalue weighted by molar-refractivity contribution is -0.154. The fourth-order valence-corrected chi connectivity index (χ4v) is 1.84. The Morgan fingerprint density at radius 2 is 1.94 bits per heavy atom. The lowest BCUT2D eigenvalue weighted by Gasteiger charge is -2.16. The van der Waals surface area contributed by atoms with Gasteiger partial charge in [-0.25, -0.2) is 4.79 Å². The molecule has 0 amide bonds. The van der Waals surface area contributed by atoms with E-state index >= 15 is 0 Å². The van der Waals surface area contributed by atoms with Gasteiger partial charge < -0.3 is 4.74 Å². The monoisotopic (exact) mass is 230 g/mol. The molecule has 1 unspecified atom stereocenters. The zero-order valence-electron chi connectivity index (χ0n) is 10.5. The van der Waals surface area contributed by atoms with Crippen LogP contribution in [-0.2, 0) is 19.3 Å². The highest BCUT2D eigenvalue weighted by atomic mass is 17.4. The van der Waals surface area contributed by atoms with Gasteiger partial charge in [-0.2, -0.15) is 9.78 Å². The Hall–Kier alpha value is -0.610. The highest BCUT2D eigenvalue weighted by molar-refractivity contribution is 5.79. The van der Waals surface area contributed by atoms with Gasteiger partial charge in [-0.3, -0.25) is 0 Å². The number of hydrogen-bond acceptors (Lipinski definition) is 4. The number of unbranched alkanes of at least 4 members (excludes halogenated alkanes) is 1. The maximum Gasteiger partial charge on any atom is 0.372 e. The van der Waals surface area contributed by atoms with E-state index in [0.717, 1.165) is 32.1 Å². The van der Waals surface area contributed by atoms with Gasteiger partial charge in [-0.05, 0) is 19.3 Å². The van der Waals surface area contributed by atoms with Crippen molar-refractivity contribution in [2.24, 2.45) is 5.92 Å². The third-order valence-corrected chi connectivity index (χ3v) is 2.95. The lowest BCUT2D eigenvalue weighted by Crippen LogP contribution is -2.35. The first-order chi connectivity index (χ1) is 7.71. The van der Waals surface area contributed by atoms with Crippen molar-refractivity contribution in [1.29, 1.82) is 0 Å². The van der Waals surface area contributed by atoms with E-state index < -0.39 is 5.79 Å². The molecule has 0 bridgehead atoms. The predicted octanol–water partition coefficient (Wildman–Crippen LogP) is 2.81. The molecule has 0 radical (unpaired) electrons. The average molecular weight is 230 g/mol. The van der Waals surface area contributed by atoms with Crippen molar-refractivity contribution in [1.82, 2.24) is 0 Å². The molecule has 94 valence electrons. The Morgan fingerprint density at radius 1 is 1.25 bits per heavy atom. The Morgan fingerprint density at radius 3 is 2.38 bits per heavy atom. The van der Waals surface area contributed by atoms with Gasteiger partial charge in [0.2, 0.25) is 0 Å². The Balaban J connectivity index is 2.45. The van der Waals surface area contributed by atoms with E-state index in [1.165, 1.54) is 0 Å². The van der Waals surface area contributed by atoms with Crippen molar-refractivity contribution in [3.05, 3.63) is 0 Å². The van der Waals surface area contributed by atoms with Crippen LogP contribution >= 0.6 is 0 Å². The topological polar surface area (TPSA) is 51.4 Å². The van der Waals surface area contributed by atoms with Crippen molar-refractivity contribution in [2.75, 3.05) is 6.61 Å². The molecular formula is C12H22O4. The largest absolute Gasteiger partial charge is 0.462 e. The minimum absolute atomic E-state index is 0.103. The van der Waals surface area contributed by atoms with Gasteiger partial charge in [0.05, 0.1) is 6.61 Å². The van der Waals surface area contributed by atoms with Crippen LogP contribution in [0.15, 0.2) is 0 Å². The summed E-state index contributed by atoms with van der Waals surface area (Å²) >= 11 is 0. The van der Waals surface area contributed by atoms with Crippen LogP contribution in [0.1, 0.15) is 52.9 Å². The molecule has 1 saturated heterocycles. The summed E-state index contributed by atoms with van der Waals surface area (Å²) in [6, 6.07) is 0. The van der Waals surface area contributed by atoms with Crippen molar-refractivity contribution in [3.63, 3.8) is 0 Å². The number of carbonyl (C=O) groups is 1. The van der Waals surface area contributed by atoms with Gasteiger partial charge in [-0.15, -0.1) is 0 Å². The minimum Gasteiger partial charge on any atom is -0.462 e. The molecule has 4 nitrogen and oxygen atoms in total. The van der Waals surface area contributed by atoms with Gasteiger partial charge in [0, 0.05) is 5.92 Å².